The Bertz CT molecular complexity index is 1260. The van der Waals surface area contributed by atoms with Crippen LogP contribution in [0.5, 0.6) is 11.5 Å². The minimum absolute atomic E-state index is 0.0921. The highest BCUT2D eigenvalue weighted by Gasteiger charge is 2.46. The number of hydrogen-bond donors (Lipinski definition) is 2. The van der Waals surface area contributed by atoms with Crippen LogP contribution in [-0.4, -0.2) is 45.4 Å². The van der Waals surface area contributed by atoms with Crippen LogP contribution in [0.4, 0.5) is 5.69 Å². The van der Waals surface area contributed by atoms with Crippen LogP contribution >= 0.6 is 0 Å². The minimum atomic E-state index is -0.897. The Morgan fingerprint density at radius 2 is 1.40 bits per heavy atom. The fraction of sp³-hybridized carbons (Fsp3) is 0.529. The molecule has 0 bridgehead atoms. The van der Waals surface area contributed by atoms with E-state index < -0.39 is 28.4 Å². The number of amides is 1. The summed E-state index contributed by atoms with van der Waals surface area (Å²) in [5.74, 6) is -1.86. The maximum absolute atomic E-state index is 13.3. The molecule has 1 aliphatic heterocycles. The third kappa shape index (κ3) is 9.30. The molecular formula is C34H46N2O7. The lowest BCUT2D eigenvalue weighted by molar-refractivity contribution is -0.384. The number of rotatable bonds is 19. The SMILES string of the molecule is CCCCCCCCCCCCCCCCN1C(=O)C(=O)C(=C(O)c2ccc([N+](=O)[O-])cc2)C1c1ccc(O)c(OC)c1. The first-order valence-corrected chi connectivity index (χ1v) is 15.7. The highest BCUT2D eigenvalue weighted by atomic mass is 16.6. The number of carbonyl (C=O) groups is 2. The number of carbonyl (C=O) groups excluding carboxylic acids is 2. The van der Waals surface area contributed by atoms with Gasteiger partial charge in [-0.3, -0.25) is 19.7 Å². The topological polar surface area (TPSA) is 130 Å². The monoisotopic (exact) mass is 594 g/mol. The van der Waals surface area contributed by atoms with Crippen LogP contribution in [0.3, 0.4) is 0 Å². The second kappa shape index (κ2) is 17.3. The van der Waals surface area contributed by atoms with E-state index in [0.29, 0.717) is 18.5 Å². The molecular weight excluding hydrogens is 548 g/mol. The molecule has 0 aromatic heterocycles. The number of hydrogen-bond acceptors (Lipinski definition) is 7. The smallest absolute Gasteiger partial charge is 0.295 e. The van der Waals surface area contributed by atoms with Crippen molar-refractivity contribution in [3.63, 3.8) is 0 Å². The summed E-state index contributed by atoms with van der Waals surface area (Å²) in [7, 11) is 1.40. The summed E-state index contributed by atoms with van der Waals surface area (Å²) >= 11 is 0. The normalized spacial score (nSPS) is 16.1. The van der Waals surface area contributed by atoms with Crippen molar-refractivity contribution in [1.82, 2.24) is 4.90 Å². The molecule has 1 unspecified atom stereocenters. The molecule has 1 aliphatic rings. The lowest BCUT2D eigenvalue weighted by Gasteiger charge is -2.26. The number of non-ortho nitro benzene ring substituents is 1. The van der Waals surface area contributed by atoms with Crippen molar-refractivity contribution in [2.75, 3.05) is 13.7 Å². The van der Waals surface area contributed by atoms with Crippen molar-refractivity contribution in [3.8, 4) is 11.5 Å². The van der Waals surface area contributed by atoms with E-state index in [1.165, 1.54) is 107 Å². The molecule has 1 amide bonds. The van der Waals surface area contributed by atoms with Gasteiger partial charge in [-0.15, -0.1) is 0 Å². The van der Waals surface area contributed by atoms with Crippen LogP contribution in [0.25, 0.3) is 5.76 Å². The van der Waals surface area contributed by atoms with Gasteiger partial charge in [-0.1, -0.05) is 96.5 Å². The molecule has 3 rings (SSSR count). The fourth-order valence-corrected chi connectivity index (χ4v) is 5.69. The number of nitro groups is 1. The number of methoxy groups -OCH3 is 1. The third-order valence-corrected chi connectivity index (χ3v) is 8.16. The van der Waals surface area contributed by atoms with E-state index in [1.807, 2.05) is 0 Å². The molecule has 43 heavy (non-hydrogen) atoms. The highest BCUT2D eigenvalue weighted by molar-refractivity contribution is 6.46. The van der Waals surface area contributed by atoms with Crippen LogP contribution in [0.2, 0.25) is 0 Å². The van der Waals surface area contributed by atoms with E-state index in [0.717, 1.165) is 19.3 Å². The van der Waals surface area contributed by atoms with Crippen molar-refractivity contribution in [2.45, 2.75) is 103 Å². The zero-order chi connectivity index (χ0) is 31.2. The maximum atomic E-state index is 13.3. The van der Waals surface area contributed by atoms with Crippen molar-refractivity contribution in [1.29, 1.82) is 0 Å². The van der Waals surface area contributed by atoms with Crippen molar-refractivity contribution in [3.05, 3.63) is 69.3 Å². The van der Waals surface area contributed by atoms with E-state index in [2.05, 4.69) is 6.92 Å². The second-order valence-corrected chi connectivity index (χ2v) is 11.3. The van der Waals surface area contributed by atoms with Gasteiger partial charge >= 0.3 is 0 Å². The Morgan fingerprint density at radius 1 is 0.860 bits per heavy atom. The summed E-state index contributed by atoms with van der Waals surface area (Å²) in [4.78, 5) is 38.5. The molecule has 9 heteroatoms. The predicted molar refractivity (Wildman–Crippen MR) is 167 cm³/mol. The molecule has 0 saturated carbocycles. The molecule has 2 N–H and O–H groups in total. The molecule has 1 fully saturated rings. The minimum Gasteiger partial charge on any atom is -0.507 e. The fourth-order valence-electron chi connectivity index (χ4n) is 5.69. The average molecular weight is 595 g/mol. The van der Waals surface area contributed by atoms with Gasteiger partial charge in [-0.05, 0) is 36.2 Å². The Kier molecular flexibility index (Phi) is 13.5. The van der Waals surface area contributed by atoms with Crippen LogP contribution in [0, 0.1) is 10.1 Å². The number of likely N-dealkylation sites (tertiary alicyclic amines) is 1. The summed E-state index contributed by atoms with van der Waals surface area (Å²) in [6, 6.07) is 8.84. The van der Waals surface area contributed by atoms with E-state index in [1.54, 1.807) is 12.1 Å². The Morgan fingerprint density at radius 3 is 1.91 bits per heavy atom. The largest absolute Gasteiger partial charge is 0.507 e. The van der Waals surface area contributed by atoms with Gasteiger partial charge in [0.1, 0.15) is 5.76 Å². The number of nitro benzene ring substituents is 1. The predicted octanol–water partition coefficient (Wildman–Crippen LogP) is 8.21. The number of benzene rings is 2. The zero-order valence-electron chi connectivity index (χ0n) is 25.6. The zero-order valence-corrected chi connectivity index (χ0v) is 25.6. The number of phenols is 1. The van der Waals surface area contributed by atoms with E-state index >= 15 is 0 Å². The molecule has 0 aliphatic carbocycles. The standard InChI is InChI=1S/C34H46N2O7/c1-3-4-5-6-7-8-9-10-11-12-13-14-15-16-23-35-31(26-19-22-28(37)29(24-26)43-2)30(33(39)34(35)40)32(38)25-17-20-27(21-18-25)36(41)42/h17-22,24,31,37-38H,3-16,23H2,1-2H3. The van der Waals surface area contributed by atoms with Crippen LogP contribution in [-0.2, 0) is 9.59 Å². The van der Waals surface area contributed by atoms with Crippen molar-refractivity contribution < 1.29 is 29.5 Å². The van der Waals surface area contributed by atoms with E-state index in [9.17, 15) is 29.9 Å². The van der Waals surface area contributed by atoms with Crippen molar-refractivity contribution >= 4 is 23.1 Å². The lowest BCUT2D eigenvalue weighted by Crippen LogP contribution is -2.30. The van der Waals surface area contributed by atoms with Gasteiger partial charge in [-0.25, -0.2) is 0 Å². The molecule has 1 heterocycles. The number of ketones is 1. The first-order valence-electron chi connectivity index (χ1n) is 15.7. The number of aliphatic hydroxyl groups is 1. The molecule has 2 aromatic rings. The first-order chi connectivity index (χ1) is 20.8. The summed E-state index contributed by atoms with van der Waals surface area (Å²) in [5, 5.41) is 32.4. The second-order valence-electron chi connectivity index (χ2n) is 11.3. The first kappa shape index (κ1) is 33.6. The highest BCUT2D eigenvalue weighted by Crippen LogP contribution is 2.42. The Hall–Kier alpha value is -3.88. The van der Waals surface area contributed by atoms with Crippen LogP contribution < -0.4 is 4.74 Å². The number of phenolic OH excluding ortho intramolecular Hbond substituents is 1. The van der Waals surface area contributed by atoms with Gasteiger partial charge in [-0.2, -0.15) is 0 Å². The third-order valence-electron chi connectivity index (χ3n) is 8.16. The van der Waals surface area contributed by atoms with Gasteiger partial charge in [0, 0.05) is 24.2 Å². The summed E-state index contributed by atoms with van der Waals surface area (Å²) in [6.07, 6.45) is 16.8. The molecule has 234 valence electrons. The number of nitrogens with zero attached hydrogens (tertiary/aromatic N) is 2. The van der Waals surface area contributed by atoms with Gasteiger partial charge in [0.15, 0.2) is 11.5 Å². The number of unbranched alkanes of at least 4 members (excludes halogenated alkanes) is 13. The number of aromatic hydroxyl groups is 1. The summed E-state index contributed by atoms with van der Waals surface area (Å²) in [6.45, 7) is 2.57. The Labute approximate surface area is 254 Å². The maximum Gasteiger partial charge on any atom is 0.295 e. The number of Topliss-reactive ketones (excluding diaryl/α,β-unsaturated/α-hetero) is 1. The van der Waals surface area contributed by atoms with Gasteiger partial charge < -0.3 is 19.8 Å². The quantitative estimate of drug-likeness (QED) is 0.0418. The number of aliphatic hydroxyl groups excluding tert-OH is 1. The summed E-state index contributed by atoms with van der Waals surface area (Å²) in [5.41, 5.74) is 0.435. The average Bonchev–Trinajstić information content (AvgIpc) is 3.26. The molecule has 1 saturated heterocycles. The van der Waals surface area contributed by atoms with Crippen molar-refractivity contribution in [2.24, 2.45) is 0 Å². The molecule has 9 nitrogen and oxygen atoms in total. The number of ether oxygens (including phenoxy) is 1. The molecule has 0 spiro atoms. The van der Waals surface area contributed by atoms with Crippen LogP contribution in [0.15, 0.2) is 48.0 Å². The lowest BCUT2D eigenvalue weighted by atomic mass is 9.94. The van der Waals surface area contributed by atoms with Gasteiger partial charge in [0.05, 0.1) is 23.6 Å². The Balaban J connectivity index is 1.63. The van der Waals surface area contributed by atoms with E-state index in [4.69, 9.17) is 4.74 Å². The van der Waals surface area contributed by atoms with Gasteiger partial charge in [0.2, 0.25) is 0 Å². The van der Waals surface area contributed by atoms with Gasteiger partial charge in [0.25, 0.3) is 17.4 Å². The summed E-state index contributed by atoms with van der Waals surface area (Å²) < 4.78 is 5.26. The molecule has 0 radical (unpaired) electrons. The van der Waals surface area contributed by atoms with Crippen LogP contribution in [0.1, 0.15) is 114 Å². The molecule has 2 aromatic carbocycles. The van der Waals surface area contributed by atoms with E-state index in [-0.39, 0.29) is 28.3 Å². The molecule has 1 atom stereocenters.